The predicted octanol–water partition coefficient (Wildman–Crippen LogP) is 1.71. The van der Waals surface area contributed by atoms with E-state index in [0.717, 1.165) is 0 Å². The molecule has 0 saturated carbocycles. The first kappa shape index (κ1) is 19.3. The van der Waals surface area contributed by atoms with E-state index in [4.69, 9.17) is 4.74 Å². The fraction of sp³-hybridized carbons (Fsp3) is 0.118. The Kier molecular flexibility index (Phi) is 4.79. The molecule has 2 aromatic carbocycles. The van der Waals surface area contributed by atoms with Gasteiger partial charge in [-0.3, -0.25) is 14.9 Å². The maximum atomic E-state index is 12.4. The van der Waals surface area contributed by atoms with Gasteiger partial charge in [-0.1, -0.05) is 0 Å². The van der Waals surface area contributed by atoms with Crippen LogP contribution >= 0.6 is 0 Å². The molecule has 2 aromatic rings. The minimum absolute atomic E-state index is 0.0135. The van der Waals surface area contributed by atoms with Crippen molar-refractivity contribution in [1.29, 1.82) is 0 Å². The van der Waals surface area contributed by atoms with Crippen molar-refractivity contribution in [2.24, 2.45) is 0 Å². The van der Waals surface area contributed by atoms with Crippen molar-refractivity contribution < 1.29 is 28.0 Å². The van der Waals surface area contributed by atoms with E-state index in [2.05, 4.69) is 10.0 Å². The number of methoxy groups -OCH3 is 1. The zero-order valence-corrected chi connectivity index (χ0v) is 15.5. The maximum Gasteiger partial charge on any atom is 0.322 e. The number of fused-ring (bicyclic) bond motifs is 1. The second-order valence-electron chi connectivity index (χ2n) is 5.74. The number of benzene rings is 2. The molecule has 3 rings (SSSR count). The zero-order chi connectivity index (χ0) is 20.6. The van der Waals surface area contributed by atoms with Crippen molar-refractivity contribution >= 4 is 39.0 Å². The topological polar surface area (TPSA) is 148 Å². The van der Waals surface area contributed by atoms with Crippen LogP contribution in [0.3, 0.4) is 0 Å². The Labute approximate surface area is 159 Å². The van der Waals surface area contributed by atoms with Crippen LogP contribution in [-0.4, -0.2) is 38.5 Å². The number of sulfonamides is 1. The molecule has 1 aliphatic heterocycles. The Hall–Kier alpha value is -3.44. The van der Waals surface area contributed by atoms with Gasteiger partial charge in [-0.15, -0.1) is 0 Å². The van der Waals surface area contributed by atoms with Crippen LogP contribution in [0.25, 0.3) is 11.6 Å². The molecule has 0 aliphatic carbocycles. The first-order valence-corrected chi connectivity index (χ1v) is 9.33. The Morgan fingerprint density at radius 3 is 2.61 bits per heavy atom. The van der Waals surface area contributed by atoms with Gasteiger partial charge in [-0.2, -0.15) is 0 Å². The number of nitrogens with zero attached hydrogens (tertiary/aromatic N) is 1. The Morgan fingerprint density at radius 2 is 2.00 bits per heavy atom. The number of nitro benzene ring substituents is 1. The largest absolute Gasteiger partial charge is 0.504 e. The van der Waals surface area contributed by atoms with Crippen LogP contribution in [0.4, 0.5) is 11.4 Å². The molecule has 0 unspecified atom stereocenters. The molecule has 28 heavy (non-hydrogen) atoms. The number of anilines is 1. The smallest absolute Gasteiger partial charge is 0.322 e. The Balaban J connectivity index is 2.22. The molecule has 0 spiro atoms. The van der Waals surface area contributed by atoms with E-state index in [1.54, 1.807) is 0 Å². The highest BCUT2D eigenvalue weighted by molar-refractivity contribution is 7.89. The van der Waals surface area contributed by atoms with Crippen LogP contribution in [0.5, 0.6) is 11.5 Å². The van der Waals surface area contributed by atoms with Gasteiger partial charge in [0, 0.05) is 16.8 Å². The second kappa shape index (κ2) is 6.94. The minimum Gasteiger partial charge on any atom is -0.504 e. The summed E-state index contributed by atoms with van der Waals surface area (Å²) in [5.41, 5.74) is 0.191. The van der Waals surface area contributed by atoms with Crippen molar-refractivity contribution in [3.8, 4) is 11.5 Å². The number of rotatable bonds is 5. The van der Waals surface area contributed by atoms with E-state index in [1.807, 2.05) is 0 Å². The fourth-order valence-corrected chi connectivity index (χ4v) is 3.59. The number of carbonyl (C=O) groups excluding carboxylic acids is 1. The third kappa shape index (κ3) is 3.17. The number of ether oxygens (including phenoxy) is 1. The molecular weight excluding hydrogens is 390 g/mol. The molecular formula is C17H15N3O7S. The van der Waals surface area contributed by atoms with Crippen LogP contribution in [0.1, 0.15) is 11.1 Å². The molecule has 1 amide bonds. The van der Waals surface area contributed by atoms with Crippen LogP contribution in [0, 0.1) is 10.1 Å². The van der Waals surface area contributed by atoms with Gasteiger partial charge in [0.1, 0.15) is 0 Å². The number of nitrogens with one attached hydrogen (secondary N) is 2. The Bertz CT molecular complexity index is 1140. The van der Waals surface area contributed by atoms with Crippen LogP contribution < -0.4 is 14.8 Å². The SMILES string of the molecule is CNS(=O)(=O)c1ccc2c(c1)C(=Cc1ccc(O)c(OC)c1[N+](=O)[O-])C(=O)N2. The highest BCUT2D eigenvalue weighted by Crippen LogP contribution is 2.42. The molecule has 3 N–H and O–H groups in total. The minimum atomic E-state index is -3.75. The fourth-order valence-electron chi connectivity index (χ4n) is 2.83. The number of phenolic OH excluding ortho intramolecular Hbond substituents is 1. The molecule has 1 aliphatic rings. The van der Waals surface area contributed by atoms with Crippen molar-refractivity contribution in [2.45, 2.75) is 4.90 Å². The van der Waals surface area contributed by atoms with Gasteiger partial charge in [0.25, 0.3) is 5.91 Å². The quantitative estimate of drug-likeness (QED) is 0.389. The summed E-state index contributed by atoms with van der Waals surface area (Å²) in [6.45, 7) is 0. The molecule has 0 bridgehead atoms. The summed E-state index contributed by atoms with van der Waals surface area (Å²) in [4.78, 5) is 23.1. The van der Waals surface area contributed by atoms with Gasteiger partial charge in [-0.25, -0.2) is 13.1 Å². The summed E-state index contributed by atoms with van der Waals surface area (Å²) in [5.74, 6) is -1.31. The van der Waals surface area contributed by atoms with Gasteiger partial charge in [0.05, 0.1) is 22.5 Å². The van der Waals surface area contributed by atoms with E-state index in [9.17, 15) is 28.4 Å². The summed E-state index contributed by atoms with van der Waals surface area (Å²) in [7, 11) is -1.32. The van der Waals surface area contributed by atoms with Gasteiger partial charge < -0.3 is 15.2 Å². The molecule has 0 aromatic heterocycles. The summed E-state index contributed by atoms with van der Waals surface area (Å²) >= 11 is 0. The highest BCUT2D eigenvalue weighted by Gasteiger charge is 2.29. The number of aromatic hydroxyl groups is 1. The van der Waals surface area contributed by atoms with Gasteiger partial charge in [0.2, 0.25) is 15.8 Å². The molecule has 11 heteroatoms. The average molecular weight is 405 g/mol. The lowest BCUT2D eigenvalue weighted by Gasteiger charge is -2.07. The van der Waals surface area contributed by atoms with E-state index < -0.39 is 32.3 Å². The van der Waals surface area contributed by atoms with E-state index in [0.29, 0.717) is 5.69 Å². The molecule has 10 nitrogen and oxygen atoms in total. The van der Waals surface area contributed by atoms with Gasteiger partial charge in [-0.05, 0) is 43.5 Å². The summed E-state index contributed by atoms with van der Waals surface area (Å²) in [5, 5.41) is 23.8. The van der Waals surface area contributed by atoms with E-state index in [1.165, 1.54) is 50.6 Å². The van der Waals surface area contributed by atoms with E-state index in [-0.39, 0.29) is 27.3 Å². The summed E-state index contributed by atoms with van der Waals surface area (Å²) < 4.78 is 31.2. The lowest BCUT2D eigenvalue weighted by Crippen LogP contribution is -2.18. The third-order valence-corrected chi connectivity index (χ3v) is 5.59. The number of carbonyl (C=O) groups is 1. The molecule has 1 heterocycles. The van der Waals surface area contributed by atoms with Crippen molar-refractivity contribution in [3.05, 3.63) is 51.6 Å². The normalized spacial score (nSPS) is 14.6. The number of amides is 1. The molecule has 0 radical (unpaired) electrons. The van der Waals surface area contributed by atoms with Crippen LogP contribution in [0.15, 0.2) is 35.2 Å². The predicted molar refractivity (Wildman–Crippen MR) is 101 cm³/mol. The lowest BCUT2D eigenvalue weighted by atomic mass is 10.0. The molecule has 146 valence electrons. The molecule has 0 fully saturated rings. The zero-order valence-electron chi connectivity index (χ0n) is 14.7. The third-order valence-electron chi connectivity index (χ3n) is 4.18. The van der Waals surface area contributed by atoms with Crippen molar-refractivity contribution in [1.82, 2.24) is 4.72 Å². The number of hydrogen-bond donors (Lipinski definition) is 3. The average Bonchev–Trinajstić information content (AvgIpc) is 2.97. The lowest BCUT2D eigenvalue weighted by molar-refractivity contribution is -0.386. The monoisotopic (exact) mass is 405 g/mol. The Morgan fingerprint density at radius 1 is 1.29 bits per heavy atom. The van der Waals surface area contributed by atoms with Gasteiger partial charge in [0.15, 0.2) is 5.75 Å². The first-order valence-electron chi connectivity index (χ1n) is 7.85. The number of nitro groups is 1. The summed E-state index contributed by atoms with van der Waals surface area (Å²) in [6, 6.07) is 6.54. The van der Waals surface area contributed by atoms with E-state index >= 15 is 0 Å². The van der Waals surface area contributed by atoms with Crippen molar-refractivity contribution in [3.63, 3.8) is 0 Å². The van der Waals surface area contributed by atoms with Gasteiger partial charge >= 0.3 is 5.69 Å². The standard InChI is InChI=1S/C17H15N3O7S/c1-18-28(25,26)10-4-5-13-11(8-10)12(17(22)19-13)7-9-3-6-14(21)16(27-2)15(9)20(23)24/h3-8,18,21H,1-2H3,(H,19,22). The molecule has 0 atom stereocenters. The van der Waals surface area contributed by atoms with Crippen LogP contribution in [-0.2, 0) is 14.8 Å². The maximum absolute atomic E-state index is 12.4. The second-order valence-corrected chi connectivity index (χ2v) is 7.63. The number of phenols is 1. The van der Waals surface area contributed by atoms with Crippen LogP contribution in [0.2, 0.25) is 0 Å². The molecule has 0 saturated heterocycles. The number of hydrogen-bond acceptors (Lipinski definition) is 7. The highest BCUT2D eigenvalue weighted by atomic mass is 32.2. The van der Waals surface area contributed by atoms with Crippen molar-refractivity contribution in [2.75, 3.05) is 19.5 Å². The first-order chi connectivity index (χ1) is 13.2. The summed E-state index contributed by atoms with van der Waals surface area (Å²) in [6.07, 6.45) is 1.25.